The van der Waals surface area contributed by atoms with E-state index in [0.717, 1.165) is 26.1 Å². The molecule has 0 radical (unpaired) electrons. The van der Waals surface area contributed by atoms with Crippen molar-refractivity contribution < 1.29 is 9.90 Å². The lowest BCUT2D eigenvalue weighted by Crippen LogP contribution is -2.38. The number of hydrogen-bond acceptors (Lipinski definition) is 4. The van der Waals surface area contributed by atoms with Gasteiger partial charge in [0.25, 0.3) is 5.91 Å². The third kappa shape index (κ3) is 4.20. The summed E-state index contributed by atoms with van der Waals surface area (Å²) in [6.07, 6.45) is 5.79. The van der Waals surface area contributed by atoms with Crippen LogP contribution in [-0.2, 0) is 6.54 Å². The van der Waals surface area contributed by atoms with E-state index >= 15 is 0 Å². The van der Waals surface area contributed by atoms with Gasteiger partial charge in [0.05, 0.1) is 12.6 Å². The van der Waals surface area contributed by atoms with Gasteiger partial charge in [-0.05, 0) is 31.2 Å². The monoisotopic (exact) mass is 317 g/mol. The minimum absolute atomic E-state index is 0.0499. The van der Waals surface area contributed by atoms with E-state index in [0.29, 0.717) is 25.3 Å². The maximum absolute atomic E-state index is 12.4. The number of carbonyl (C=O) groups is 1. The highest BCUT2D eigenvalue weighted by Gasteiger charge is 2.22. The van der Waals surface area contributed by atoms with Crippen LogP contribution >= 0.6 is 0 Å². The van der Waals surface area contributed by atoms with E-state index in [1.807, 2.05) is 23.2 Å². The van der Waals surface area contributed by atoms with Crippen LogP contribution in [-0.4, -0.2) is 74.4 Å². The summed E-state index contributed by atoms with van der Waals surface area (Å²) in [7, 11) is 0. The van der Waals surface area contributed by atoms with Crippen molar-refractivity contribution in [1.29, 1.82) is 0 Å². The fourth-order valence-corrected chi connectivity index (χ4v) is 2.97. The number of aliphatic hydroxyl groups excluding tert-OH is 1. The van der Waals surface area contributed by atoms with Gasteiger partial charge in [-0.25, -0.2) is 0 Å². The molecule has 0 saturated carbocycles. The molecule has 1 atom stereocenters. The topological polar surface area (TPSA) is 77.4 Å². The summed E-state index contributed by atoms with van der Waals surface area (Å²) in [6.45, 7) is 4.21. The first kappa shape index (κ1) is 15.8. The quantitative estimate of drug-likeness (QED) is 0.838. The Morgan fingerprint density at radius 2 is 2.17 bits per heavy atom. The lowest BCUT2D eigenvalue weighted by Gasteiger charge is -2.24. The van der Waals surface area contributed by atoms with Crippen molar-refractivity contribution in [2.45, 2.75) is 19.1 Å². The number of carbonyl (C=O) groups excluding carboxylic acids is 1. The summed E-state index contributed by atoms with van der Waals surface area (Å²) in [5, 5.41) is 14.3. The van der Waals surface area contributed by atoms with Gasteiger partial charge < -0.3 is 15.0 Å². The molecule has 3 rings (SSSR count). The molecule has 0 aliphatic carbocycles. The smallest absolute Gasteiger partial charge is 0.270 e. The summed E-state index contributed by atoms with van der Waals surface area (Å²) in [4.78, 5) is 19.4. The molecule has 0 bridgehead atoms. The van der Waals surface area contributed by atoms with Crippen molar-refractivity contribution in [1.82, 2.24) is 24.6 Å². The molecule has 1 fully saturated rings. The van der Waals surface area contributed by atoms with Crippen molar-refractivity contribution >= 4 is 5.91 Å². The molecule has 2 aromatic heterocycles. The molecule has 124 valence electrons. The van der Waals surface area contributed by atoms with E-state index in [4.69, 9.17) is 0 Å². The van der Waals surface area contributed by atoms with Gasteiger partial charge in [0.15, 0.2) is 0 Å². The average Bonchev–Trinajstić information content (AvgIpc) is 3.19. The zero-order chi connectivity index (χ0) is 16.1. The Hall–Kier alpha value is -2.12. The molecule has 1 unspecified atom stereocenters. The molecular weight excluding hydrogens is 294 g/mol. The van der Waals surface area contributed by atoms with E-state index in [2.05, 4.69) is 15.0 Å². The molecule has 1 saturated heterocycles. The van der Waals surface area contributed by atoms with Crippen molar-refractivity contribution in [3.05, 3.63) is 42.5 Å². The molecule has 7 nitrogen and oxygen atoms in total. The molecule has 1 aliphatic rings. The van der Waals surface area contributed by atoms with Gasteiger partial charge in [0.2, 0.25) is 0 Å². The van der Waals surface area contributed by atoms with Crippen LogP contribution in [0.4, 0.5) is 0 Å². The lowest BCUT2D eigenvalue weighted by molar-refractivity contribution is 0.0744. The van der Waals surface area contributed by atoms with E-state index in [1.54, 1.807) is 23.1 Å². The van der Waals surface area contributed by atoms with E-state index < -0.39 is 6.10 Å². The first-order chi connectivity index (χ1) is 11.2. The first-order valence-corrected chi connectivity index (χ1v) is 8.03. The minimum atomic E-state index is -0.458. The van der Waals surface area contributed by atoms with Crippen molar-refractivity contribution in [3.8, 4) is 0 Å². The number of hydrogen-bond donors (Lipinski definition) is 2. The number of rotatable bonds is 5. The molecule has 1 amide bonds. The lowest BCUT2D eigenvalue weighted by atomic mass is 10.3. The summed E-state index contributed by atoms with van der Waals surface area (Å²) in [6, 6.07) is 5.49. The fourth-order valence-electron chi connectivity index (χ4n) is 2.97. The van der Waals surface area contributed by atoms with Crippen LogP contribution in [0.5, 0.6) is 0 Å². The van der Waals surface area contributed by atoms with Crippen LogP contribution in [0.2, 0.25) is 0 Å². The molecule has 0 spiro atoms. The Morgan fingerprint density at radius 3 is 2.91 bits per heavy atom. The summed E-state index contributed by atoms with van der Waals surface area (Å²) in [5.41, 5.74) is 0.636. The van der Waals surface area contributed by atoms with E-state index in [-0.39, 0.29) is 5.91 Å². The van der Waals surface area contributed by atoms with Gasteiger partial charge in [-0.2, -0.15) is 5.10 Å². The third-order valence-corrected chi connectivity index (χ3v) is 4.13. The average molecular weight is 317 g/mol. The number of amides is 1. The number of aliphatic hydroxyl groups is 1. The summed E-state index contributed by atoms with van der Waals surface area (Å²) >= 11 is 0. The highest BCUT2D eigenvalue weighted by molar-refractivity contribution is 5.92. The van der Waals surface area contributed by atoms with Crippen molar-refractivity contribution in [2.24, 2.45) is 0 Å². The van der Waals surface area contributed by atoms with Gasteiger partial charge in [-0.3, -0.25) is 14.4 Å². The maximum Gasteiger partial charge on any atom is 0.270 e. The maximum atomic E-state index is 12.4. The zero-order valence-corrected chi connectivity index (χ0v) is 13.1. The number of nitrogens with zero attached hydrogens (tertiary/aromatic N) is 4. The first-order valence-electron chi connectivity index (χ1n) is 8.03. The van der Waals surface area contributed by atoms with E-state index in [9.17, 15) is 9.90 Å². The highest BCUT2D eigenvalue weighted by atomic mass is 16.3. The standard InChI is InChI=1S/C16H23N5O2/c22-14(13-21-9-2-6-18-21)12-19-7-3-8-20(11-10-19)16(23)15-4-1-5-17-15/h1-2,4-6,9,14,17,22H,3,7-8,10-13H2. The van der Waals surface area contributed by atoms with Gasteiger partial charge in [0, 0.05) is 44.8 Å². The summed E-state index contributed by atoms with van der Waals surface area (Å²) in [5.74, 6) is 0.0499. The van der Waals surface area contributed by atoms with Gasteiger partial charge in [0.1, 0.15) is 5.69 Å². The molecule has 3 heterocycles. The van der Waals surface area contributed by atoms with Gasteiger partial charge in [-0.15, -0.1) is 0 Å². The Morgan fingerprint density at radius 1 is 1.26 bits per heavy atom. The molecule has 0 aromatic carbocycles. The Balaban J connectivity index is 1.49. The number of nitrogens with one attached hydrogen (secondary N) is 1. The number of H-pyrrole nitrogens is 1. The fraction of sp³-hybridized carbons (Fsp3) is 0.500. The Labute approximate surface area is 135 Å². The van der Waals surface area contributed by atoms with Crippen LogP contribution in [0.3, 0.4) is 0 Å². The Kier molecular flexibility index (Phi) is 5.09. The second-order valence-electron chi connectivity index (χ2n) is 5.91. The summed E-state index contributed by atoms with van der Waals surface area (Å²) < 4.78 is 1.74. The van der Waals surface area contributed by atoms with Crippen LogP contribution in [0.25, 0.3) is 0 Å². The molecule has 7 heteroatoms. The van der Waals surface area contributed by atoms with Crippen molar-refractivity contribution in [3.63, 3.8) is 0 Å². The van der Waals surface area contributed by atoms with Crippen molar-refractivity contribution in [2.75, 3.05) is 32.7 Å². The predicted octanol–water partition coefficient (Wildman–Crippen LogP) is 0.420. The normalized spacial score (nSPS) is 17.9. The van der Waals surface area contributed by atoms with E-state index in [1.165, 1.54) is 0 Å². The molecule has 1 aliphatic heterocycles. The number of aromatic nitrogens is 3. The van der Waals surface area contributed by atoms with Crippen LogP contribution < -0.4 is 0 Å². The Bertz CT molecular complexity index is 596. The molecule has 2 aromatic rings. The minimum Gasteiger partial charge on any atom is -0.390 e. The molecule has 23 heavy (non-hydrogen) atoms. The van der Waals surface area contributed by atoms with Crippen LogP contribution in [0, 0.1) is 0 Å². The zero-order valence-electron chi connectivity index (χ0n) is 13.1. The van der Waals surface area contributed by atoms with Crippen LogP contribution in [0.15, 0.2) is 36.8 Å². The third-order valence-electron chi connectivity index (χ3n) is 4.13. The SMILES string of the molecule is O=C(c1ccc[nH]1)N1CCCN(CC(O)Cn2cccn2)CC1. The molecule has 2 N–H and O–H groups in total. The second kappa shape index (κ2) is 7.43. The van der Waals surface area contributed by atoms with Gasteiger partial charge >= 0.3 is 0 Å². The van der Waals surface area contributed by atoms with Crippen LogP contribution in [0.1, 0.15) is 16.9 Å². The van der Waals surface area contributed by atoms with Gasteiger partial charge in [-0.1, -0.05) is 0 Å². The second-order valence-corrected chi connectivity index (χ2v) is 5.91. The largest absolute Gasteiger partial charge is 0.390 e. The number of β-amino-alcohol motifs (C(OH)–C–C–N with tert-alkyl or cyclic N) is 1. The molecular formula is C16H23N5O2. The predicted molar refractivity (Wildman–Crippen MR) is 86.0 cm³/mol. The highest BCUT2D eigenvalue weighted by Crippen LogP contribution is 2.09. The number of aromatic amines is 1.